The number of pyridine rings is 2. The molecule has 0 bridgehead atoms. The summed E-state index contributed by atoms with van der Waals surface area (Å²) >= 11 is 0. The normalized spacial score (nSPS) is 17.4. The number of nitrogen functional groups attached to an aromatic ring is 1. The maximum Gasteiger partial charge on any atom is 0.418 e. The van der Waals surface area contributed by atoms with Gasteiger partial charge in [-0.3, -0.25) is 19.6 Å². The van der Waals surface area contributed by atoms with Gasteiger partial charge < -0.3 is 21.1 Å². The van der Waals surface area contributed by atoms with Crippen molar-refractivity contribution in [2.75, 3.05) is 24.3 Å². The summed E-state index contributed by atoms with van der Waals surface area (Å²) < 4.78 is 59.7. The van der Waals surface area contributed by atoms with E-state index in [-0.39, 0.29) is 61.0 Å². The summed E-state index contributed by atoms with van der Waals surface area (Å²) in [6.45, 7) is -0.000176. The van der Waals surface area contributed by atoms with Gasteiger partial charge in [0.15, 0.2) is 5.78 Å². The van der Waals surface area contributed by atoms with E-state index in [2.05, 4.69) is 20.6 Å². The van der Waals surface area contributed by atoms with Crippen LogP contribution in [-0.2, 0) is 22.3 Å². The Hall–Kier alpha value is -4.06. The van der Waals surface area contributed by atoms with Crippen molar-refractivity contribution < 1.29 is 31.9 Å². The molecular formula is C25H23F4N5O3. The molecule has 0 radical (unpaired) electrons. The molecule has 3 aromatic rings. The number of nitrogens with one attached hydrogen (secondary N) is 2. The molecule has 194 valence electrons. The van der Waals surface area contributed by atoms with Crippen molar-refractivity contribution >= 4 is 28.8 Å². The third-order valence-corrected chi connectivity index (χ3v) is 6.01. The van der Waals surface area contributed by atoms with Gasteiger partial charge in [0.1, 0.15) is 5.82 Å². The first-order valence-corrected chi connectivity index (χ1v) is 11.2. The number of halogens is 4. The lowest BCUT2D eigenvalue weighted by Crippen LogP contribution is -2.43. The highest BCUT2D eigenvalue weighted by Gasteiger charge is 2.44. The van der Waals surface area contributed by atoms with Gasteiger partial charge >= 0.3 is 6.18 Å². The fraction of sp³-hybridized carbons (Fsp3) is 0.280. The Morgan fingerprint density at radius 3 is 2.59 bits per heavy atom. The SMILES string of the molecule is Nc1cncc(C(=O)C[C@@]2(C(=O)NCc3ncc(Nc4ccccc4C(F)(F)F)cc3F)CCOC2)c1. The van der Waals surface area contributed by atoms with Crippen LogP contribution in [0.5, 0.6) is 0 Å². The molecule has 0 spiro atoms. The molecule has 0 aliphatic carbocycles. The van der Waals surface area contributed by atoms with E-state index in [0.29, 0.717) is 5.69 Å². The Bertz CT molecular complexity index is 1310. The lowest BCUT2D eigenvalue weighted by atomic mass is 9.80. The number of nitrogens with two attached hydrogens (primary N) is 1. The number of Topliss-reactive ketones (excluding diaryl/α,β-unsaturated/α-hetero) is 1. The quantitative estimate of drug-likeness (QED) is 0.302. The number of nitrogens with zero attached hydrogens (tertiary/aromatic N) is 2. The van der Waals surface area contributed by atoms with Crippen LogP contribution in [0.1, 0.15) is 34.5 Å². The number of carbonyl (C=O) groups excluding carboxylic acids is 2. The lowest BCUT2D eigenvalue weighted by molar-refractivity contribution is -0.137. The Morgan fingerprint density at radius 2 is 1.92 bits per heavy atom. The fourth-order valence-electron chi connectivity index (χ4n) is 4.04. The molecule has 8 nitrogen and oxygen atoms in total. The molecule has 1 aliphatic rings. The minimum atomic E-state index is -4.59. The molecule has 1 atom stereocenters. The standard InChI is InChI=1S/C25H23F4N5O3/c26-19-8-17(34-20-4-2-1-3-18(20)25(27,28)29)12-32-21(19)13-33-23(36)24(5-6-37-14-24)9-22(35)15-7-16(30)11-31-10-15/h1-4,7-8,10-12,34H,5-6,9,13-14,30H2,(H,33,36)/t24-/m0/s1. The van der Waals surface area contributed by atoms with Crippen molar-refractivity contribution in [2.45, 2.75) is 25.6 Å². The monoisotopic (exact) mass is 517 g/mol. The molecule has 2 aromatic heterocycles. The molecule has 1 aliphatic heterocycles. The summed E-state index contributed by atoms with van der Waals surface area (Å²) in [5, 5.41) is 5.13. The zero-order chi connectivity index (χ0) is 26.6. The van der Waals surface area contributed by atoms with Gasteiger partial charge in [-0.15, -0.1) is 0 Å². The number of hydrogen-bond acceptors (Lipinski definition) is 7. The largest absolute Gasteiger partial charge is 0.418 e. The molecular weight excluding hydrogens is 494 g/mol. The third kappa shape index (κ3) is 6.02. The van der Waals surface area contributed by atoms with E-state index in [1.54, 1.807) is 0 Å². The molecule has 1 fully saturated rings. The predicted molar refractivity (Wildman–Crippen MR) is 126 cm³/mol. The zero-order valence-electron chi connectivity index (χ0n) is 19.4. The third-order valence-electron chi connectivity index (χ3n) is 6.01. The maximum absolute atomic E-state index is 14.7. The first-order valence-electron chi connectivity index (χ1n) is 11.2. The number of para-hydroxylation sites is 1. The highest BCUT2D eigenvalue weighted by atomic mass is 19.4. The number of aromatic nitrogens is 2. The topological polar surface area (TPSA) is 119 Å². The van der Waals surface area contributed by atoms with E-state index < -0.39 is 28.9 Å². The van der Waals surface area contributed by atoms with E-state index in [4.69, 9.17) is 10.5 Å². The Morgan fingerprint density at radius 1 is 1.14 bits per heavy atom. The summed E-state index contributed by atoms with van der Waals surface area (Å²) in [5.41, 5.74) is 3.85. The van der Waals surface area contributed by atoms with E-state index in [1.165, 1.54) is 42.9 Å². The second-order valence-corrected chi connectivity index (χ2v) is 8.69. The minimum absolute atomic E-state index is 0.00581. The minimum Gasteiger partial charge on any atom is -0.397 e. The molecule has 1 aromatic carbocycles. The molecule has 4 rings (SSSR count). The highest BCUT2D eigenvalue weighted by molar-refractivity contribution is 6.00. The molecule has 0 unspecified atom stereocenters. The molecule has 0 saturated carbocycles. The maximum atomic E-state index is 14.7. The van der Waals surface area contributed by atoms with Crippen molar-refractivity contribution in [3.63, 3.8) is 0 Å². The zero-order valence-corrected chi connectivity index (χ0v) is 19.4. The lowest BCUT2D eigenvalue weighted by Gasteiger charge is -2.25. The Balaban J connectivity index is 1.43. The molecule has 4 N–H and O–H groups in total. The number of hydrogen-bond donors (Lipinski definition) is 3. The summed E-state index contributed by atoms with van der Waals surface area (Å²) in [7, 11) is 0. The molecule has 3 heterocycles. The fourth-order valence-corrected chi connectivity index (χ4v) is 4.04. The number of ether oxygens (including phenoxy) is 1. The number of amides is 1. The Kier molecular flexibility index (Phi) is 7.39. The van der Waals surface area contributed by atoms with Crippen LogP contribution in [-0.4, -0.2) is 34.9 Å². The van der Waals surface area contributed by atoms with Gasteiger partial charge in [0.05, 0.1) is 53.1 Å². The van der Waals surface area contributed by atoms with Crippen LogP contribution in [0.3, 0.4) is 0 Å². The molecule has 12 heteroatoms. The second kappa shape index (κ2) is 10.5. The van der Waals surface area contributed by atoms with Crippen molar-refractivity contribution in [1.82, 2.24) is 15.3 Å². The van der Waals surface area contributed by atoms with Crippen molar-refractivity contribution in [3.8, 4) is 0 Å². The van der Waals surface area contributed by atoms with Crippen LogP contribution in [0.4, 0.5) is 34.6 Å². The number of ketones is 1. The van der Waals surface area contributed by atoms with E-state index in [0.717, 1.165) is 12.1 Å². The van der Waals surface area contributed by atoms with Gasteiger partial charge in [-0.2, -0.15) is 13.2 Å². The van der Waals surface area contributed by atoms with Crippen molar-refractivity contribution in [1.29, 1.82) is 0 Å². The number of benzene rings is 1. The first-order chi connectivity index (χ1) is 17.6. The molecule has 1 saturated heterocycles. The van der Waals surface area contributed by atoms with Gasteiger partial charge in [0.2, 0.25) is 5.91 Å². The van der Waals surface area contributed by atoms with Gasteiger partial charge in [0, 0.05) is 37.1 Å². The van der Waals surface area contributed by atoms with Crippen molar-refractivity contribution in [2.24, 2.45) is 5.41 Å². The van der Waals surface area contributed by atoms with E-state index >= 15 is 0 Å². The van der Waals surface area contributed by atoms with Crippen LogP contribution < -0.4 is 16.4 Å². The van der Waals surface area contributed by atoms with Gasteiger partial charge in [-0.1, -0.05) is 12.1 Å². The van der Waals surface area contributed by atoms with Crippen LogP contribution in [0.15, 0.2) is 55.0 Å². The van der Waals surface area contributed by atoms with Crippen LogP contribution in [0.2, 0.25) is 0 Å². The summed E-state index contributed by atoms with van der Waals surface area (Å²) in [6.07, 6.45) is -0.524. The van der Waals surface area contributed by atoms with Crippen LogP contribution in [0.25, 0.3) is 0 Å². The summed E-state index contributed by atoms with van der Waals surface area (Å²) in [4.78, 5) is 33.7. The predicted octanol–water partition coefficient (Wildman–Crippen LogP) is 4.26. The smallest absolute Gasteiger partial charge is 0.397 e. The summed E-state index contributed by atoms with van der Waals surface area (Å²) in [6, 6.07) is 7.26. The Labute approximate surface area is 209 Å². The average molecular weight is 517 g/mol. The number of rotatable bonds is 8. The van der Waals surface area contributed by atoms with Gasteiger partial charge in [0.25, 0.3) is 0 Å². The van der Waals surface area contributed by atoms with Gasteiger partial charge in [-0.05, 0) is 24.6 Å². The average Bonchev–Trinajstić information content (AvgIpc) is 3.33. The second-order valence-electron chi connectivity index (χ2n) is 8.69. The molecule has 1 amide bonds. The number of anilines is 3. The van der Waals surface area contributed by atoms with E-state index in [9.17, 15) is 27.2 Å². The van der Waals surface area contributed by atoms with Crippen molar-refractivity contribution in [3.05, 3.63) is 77.6 Å². The van der Waals surface area contributed by atoms with Crippen LogP contribution in [0, 0.1) is 11.2 Å². The number of alkyl halides is 3. The first kappa shape index (κ1) is 26.0. The van der Waals surface area contributed by atoms with E-state index in [1.807, 2.05) is 0 Å². The van der Waals surface area contributed by atoms with Gasteiger partial charge in [-0.25, -0.2) is 4.39 Å². The molecule has 37 heavy (non-hydrogen) atoms. The summed E-state index contributed by atoms with van der Waals surface area (Å²) in [5.74, 6) is -1.66. The van der Waals surface area contributed by atoms with Crippen LogP contribution >= 0.6 is 0 Å². The highest BCUT2D eigenvalue weighted by Crippen LogP contribution is 2.36. The number of carbonyl (C=O) groups is 2.